The van der Waals surface area contributed by atoms with Crippen molar-refractivity contribution in [3.63, 3.8) is 0 Å². The minimum absolute atomic E-state index is 0.161. The third-order valence-corrected chi connectivity index (χ3v) is 11.1. The van der Waals surface area contributed by atoms with Crippen molar-refractivity contribution < 1.29 is 8.42 Å². The first-order chi connectivity index (χ1) is 17.4. The van der Waals surface area contributed by atoms with Gasteiger partial charge in [0, 0.05) is 25.0 Å². The molecule has 1 unspecified atom stereocenters. The molecule has 2 N–H and O–H groups in total. The lowest BCUT2D eigenvalue weighted by Gasteiger charge is -2.22. The smallest absolute Gasteiger partial charge is 0.261 e. The average molecular weight is 508 g/mol. The number of pyridine rings is 1. The fourth-order valence-electron chi connectivity index (χ4n) is 7.12. The Kier molecular flexibility index (Phi) is 5.12. The minimum Gasteiger partial charge on any atom is -0.338 e. The number of nitrogens with zero attached hydrogens (tertiary/aromatic N) is 3. The molecule has 9 heteroatoms. The van der Waals surface area contributed by atoms with Gasteiger partial charge < -0.3 is 10.3 Å². The maximum absolute atomic E-state index is 13.1. The number of benzene rings is 1. The van der Waals surface area contributed by atoms with Crippen molar-refractivity contribution in [2.45, 2.75) is 81.7 Å². The van der Waals surface area contributed by atoms with Gasteiger partial charge in [-0.15, -0.1) is 0 Å². The van der Waals surface area contributed by atoms with Crippen LogP contribution in [0.25, 0.3) is 10.9 Å². The molecule has 36 heavy (non-hydrogen) atoms. The van der Waals surface area contributed by atoms with E-state index in [4.69, 9.17) is 5.10 Å². The van der Waals surface area contributed by atoms with Gasteiger partial charge in [0.25, 0.3) is 5.56 Å². The maximum atomic E-state index is 13.1. The lowest BCUT2D eigenvalue weighted by atomic mass is 9.86. The molecule has 0 bridgehead atoms. The number of hydrogen-bond donors (Lipinski definition) is 2. The molecule has 3 fully saturated rings. The van der Waals surface area contributed by atoms with Gasteiger partial charge in [0.2, 0.25) is 10.0 Å². The summed E-state index contributed by atoms with van der Waals surface area (Å²) in [5, 5.41) is 8.84. The highest BCUT2D eigenvalue weighted by molar-refractivity contribution is 7.89. The molecule has 3 heterocycles. The van der Waals surface area contributed by atoms with Crippen LogP contribution in [-0.2, 0) is 16.6 Å². The highest BCUT2D eigenvalue weighted by Crippen LogP contribution is 2.64. The topological polar surface area (TPSA) is 100 Å². The predicted molar refractivity (Wildman–Crippen MR) is 139 cm³/mol. The van der Waals surface area contributed by atoms with Gasteiger partial charge >= 0.3 is 0 Å². The third kappa shape index (κ3) is 3.54. The Morgan fingerprint density at radius 1 is 1.08 bits per heavy atom. The van der Waals surface area contributed by atoms with Crippen LogP contribution in [0.4, 0.5) is 11.5 Å². The summed E-state index contributed by atoms with van der Waals surface area (Å²) in [7, 11) is -3.45. The van der Waals surface area contributed by atoms with Crippen LogP contribution in [0, 0.1) is 11.3 Å². The molecule has 0 radical (unpaired) electrons. The van der Waals surface area contributed by atoms with Crippen LogP contribution in [0.15, 0.2) is 40.2 Å². The first-order valence-corrected chi connectivity index (χ1v) is 14.9. The van der Waals surface area contributed by atoms with Crippen LogP contribution in [0.1, 0.15) is 75.8 Å². The summed E-state index contributed by atoms with van der Waals surface area (Å²) >= 11 is 0. The first-order valence-electron chi connectivity index (χ1n) is 13.4. The second-order valence-electron chi connectivity index (χ2n) is 11.4. The number of hydrogen-bond acceptors (Lipinski definition) is 5. The molecule has 2 aromatic heterocycles. The number of nitrogens with one attached hydrogen (secondary N) is 2. The van der Waals surface area contributed by atoms with Crippen molar-refractivity contribution in [3.05, 3.63) is 46.4 Å². The molecule has 4 aliphatic rings. The van der Waals surface area contributed by atoms with Crippen molar-refractivity contribution in [2.24, 2.45) is 11.3 Å². The normalized spacial score (nSPS) is 24.9. The fraction of sp³-hybridized carbons (Fsp3) is 0.556. The summed E-state index contributed by atoms with van der Waals surface area (Å²) in [6, 6.07) is 7.68. The van der Waals surface area contributed by atoms with Gasteiger partial charge in [0.05, 0.1) is 16.5 Å². The molecule has 3 aromatic rings. The summed E-state index contributed by atoms with van der Waals surface area (Å²) < 4.78 is 30.0. The summed E-state index contributed by atoms with van der Waals surface area (Å²) in [5.74, 6) is 0.997. The molecular formula is C27H33N5O3S. The van der Waals surface area contributed by atoms with Crippen LogP contribution in [-0.4, -0.2) is 34.0 Å². The number of aromatic nitrogens is 3. The van der Waals surface area contributed by atoms with Gasteiger partial charge in [0.15, 0.2) is 5.82 Å². The zero-order valence-corrected chi connectivity index (χ0v) is 21.3. The Morgan fingerprint density at radius 2 is 1.89 bits per heavy atom. The molecule has 8 nitrogen and oxygen atoms in total. The third-order valence-electron chi connectivity index (χ3n) is 9.15. The van der Waals surface area contributed by atoms with Crippen molar-refractivity contribution in [3.8, 4) is 0 Å². The van der Waals surface area contributed by atoms with E-state index in [9.17, 15) is 13.2 Å². The maximum Gasteiger partial charge on any atom is 0.261 e. The van der Waals surface area contributed by atoms with E-state index < -0.39 is 10.0 Å². The van der Waals surface area contributed by atoms with Crippen LogP contribution in [0.2, 0.25) is 0 Å². The number of aromatic amines is 1. The summed E-state index contributed by atoms with van der Waals surface area (Å²) in [6.45, 7) is 1.01. The van der Waals surface area contributed by atoms with E-state index in [2.05, 4.69) is 15.0 Å². The van der Waals surface area contributed by atoms with Crippen molar-refractivity contribution in [2.75, 3.05) is 11.9 Å². The molecule has 1 atom stereocenters. The Morgan fingerprint density at radius 3 is 2.69 bits per heavy atom. The summed E-state index contributed by atoms with van der Waals surface area (Å²) in [4.78, 5) is 16.1. The lowest BCUT2D eigenvalue weighted by molar-refractivity contribution is 0.303. The highest BCUT2D eigenvalue weighted by atomic mass is 32.2. The largest absolute Gasteiger partial charge is 0.338 e. The minimum atomic E-state index is -3.45. The van der Waals surface area contributed by atoms with E-state index in [-0.39, 0.29) is 5.56 Å². The average Bonchev–Trinajstić information content (AvgIpc) is 3.20. The van der Waals surface area contributed by atoms with E-state index in [0.29, 0.717) is 46.6 Å². The second-order valence-corrected chi connectivity index (χ2v) is 13.3. The van der Waals surface area contributed by atoms with Crippen LogP contribution in [0.3, 0.4) is 0 Å². The molecule has 7 rings (SSSR count). The standard InChI is InChI=1S/C27H33N5O3S/c33-26-24-21(10-13-28-26)32(23-15-27(23)11-4-1-5-12-27)30-25(24)29-20-8-9-22-19(14-20)17-31(36(22,34)35)16-18-6-2-3-7-18/h8-10,13-14,18,23H,1-7,11-12,15-17H2,(H,28,33)(H,29,30). The molecule has 1 spiro atoms. The molecule has 1 aromatic carbocycles. The Hall–Kier alpha value is -2.65. The summed E-state index contributed by atoms with van der Waals surface area (Å²) in [5.41, 5.74) is 2.59. The van der Waals surface area contributed by atoms with Gasteiger partial charge in [0.1, 0.15) is 5.39 Å². The summed E-state index contributed by atoms with van der Waals surface area (Å²) in [6.07, 6.45) is 13.8. The quantitative estimate of drug-likeness (QED) is 0.503. The molecule has 3 saturated carbocycles. The monoisotopic (exact) mass is 507 g/mol. The SMILES string of the molecule is O=c1[nH]ccc2c1c(Nc1ccc3c(c1)CN(CC1CCCC1)S3(=O)=O)nn2C1CC12CCCCC2. The molecule has 3 aliphatic carbocycles. The van der Waals surface area contributed by atoms with E-state index in [1.54, 1.807) is 22.6 Å². The van der Waals surface area contributed by atoms with Crippen molar-refractivity contribution in [1.29, 1.82) is 0 Å². The number of sulfonamides is 1. The molecule has 190 valence electrons. The van der Waals surface area contributed by atoms with Gasteiger partial charge in [-0.1, -0.05) is 32.1 Å². The first kappa shape index (κ1) is 22.5. The lowest BCUT2D eigenvalue weighted by Crippen LogP contribution is -2.29. The van der Waals surface area contributed by atoms with Crippen LogP contribution < -0.4 is 10.9 Å². The fourth-order valence-corrected chi connectivity index (χ4v) is 8.81. The van der Waals surface area contributed by atoms with Crippen molar-refractivity contribution >= 4 is 32.4 Å². The Bertz CT molecular complexity index is 1500. The van der Waals surface area contributed by atoms with Gasteiger partial charge in [-0.25, -0.2) is 8.42 Å². The van der Waals surface area contributed by atoms with Gasteiger partial charge in [-0.05, 0) is 73.3 Å². The van der Waals surface area contributed by atoms with Crippen LogP contribution in [0.5, 0.6) is 0 Å². The van der Waals surface area contributed by atoms with Gasteiger partial charge in [-0.3, -0.25) is 9.48 Å². The van der Waals surface area contributed by atoms with Crippen molar-refractivity contribution in [1.82, 2.24) is 19.1 Å². The highest BCUT2D eigenvalue weighted by Gasteiger charge is 2.56. The number of H-pyrrole nitrogens is 1. The van der Waals surface area contributed by atoms with E-state index in [1.165, 1.54) is 44.9 Å². The van der Waals surface area contributed by atoms with Crippen LogP contribution >= 0.6 is 0 Å². The van der Waals surface area contributed by atoms with E-state index >= 15 is 0 Å². The predicted octanol–water partition coefficient (Wildman–Crippen LogP) is 5.06. The van der Waals surface area contributed by atoms with Gasteiger partial charge in [-0.2, -0.15) is 9.40 Å². The molecular weight excluding hydrogens is 474 g/mol. The Labute approximate surface area is 211 Å². The zero-order chi connectivity index (χ0) is 24.5. The number of fused-ring (bicyclic) bond motifs is 2. The number of anilines is 2. The zero-order valence-electron chi connectivity index (χ0n) is 20.5. The molecule has 1 aliphatic heterocycles. The molecule has 0 saturated heterocycles. The Balaban J connectivity index is 1.19. The second kappa shape index (κ2) is 8.18. The van der Waals surface area contributed by atoms with E-state index in [0.717, 1.165) is 36.0 Å². The number of rotatable bonds is 5. The molecule has 0 amide bonds. The van der Waals surface area contributed by atoms with E-state index in [1.807, 2.05) is 12.1 Å².